The third-order valence-electron chi connectivity index (χ3n) is 5.98. The van der Waals surface area contributed by atoms with Crippen LogP contribution in [0.15, 0.2) is 42.5 Å². The van der Waals surface area contributed by atoms with Crippen LogP contribution in [-0.4, -0.2) is 40.0 Å². The molecule has 0 saturated carbocycles. The fraction of sp³-hybridized carbons (Fsp3) is 0.391. The van der Waals surface area contributed by atoms with Crippen molar-refractivity contribution in [2.75, 3.05) is 19.6 Å². The second kappa shape index (κ2) is 7.40. The second-order valence-corrected chi connectivity index (χ2v) is 7.91. The molecule has 2 aliphatic heterocycles. The first kappa shape index (κ1) is 17.4. The van der Waals surface area contributed by atoms with Gasteiger partial charge in [0.25, 0.3) is 5.91 Å². The van der Waals surface area contributed by atoms with Gasteiger partial charge in [-0.1, -0.05) is 30.3 Å². The smallest absolute Gasteiger partial charge is 0.253 e. The zero-order valence-corrected chi connectivity index (χ0v) is 16.2. The van der Waals surface area contributed by atoms with E-state index in [1.165, 1.54) is 37.1 Å². The molecule has 5 nitrogen and oxygen atoms in total. The van der Waals surface area contributed by atoms with Crippen LogP contribution in [0.1, 0.15) is 40.2 Å². The van der Waals surface area contributed by atoms with E-state index in [4.69, 9.17) is 4.98 Å². The molecule has 5 rings (SSSR count). The summed E-state index contributed by atoms with van der Waals surface area (Å²) in [5, 5.41) is 2.98. The van der Waals surface area contributed by atoms with Gasteiger partial charge in [-0.3, -0.25) is 9.69 Å². The minimum absolute atomic E-state index is 0.00407. The van der Waals surface area contributed by atoms with Gasteiger partial charge in [0.2, 0.25) is 0 Å². The molecule has 2 aromatic carbocycles. The molecular formula is C23H26N4O. The minimum atomic E-state index is 0.00407. The average Bonchev–Trinajstić information content (AvgIpc) is 3.31. The maximum atomic E-state index is 12.3. The Morgan fingerprint density at radius 2 is 1.71 bits per heavy atom. The van der Waals surface area contributed by atoms with Crippen LogP contribution in [0.25, 0.3) is 11.0 Å². The van der Waals surface area contributed by atoms with Gasteiger partial charge >= 0.3 is 0 Å². The van der Waals surface area contributed by atoms with Gasteiger partial charge < -0.3 is 9.88 Å². The van der Waals surface area contributed by atoms with Gasteiger partial charge in [0, 0.05) is 26.1 Å². The van der Waals surface area contributed by atoms with Crippen molar-refractivity contribution >= 4 is 16.9 Å². The van der Waals surface area contributed by atoms with Crippen LogP contribution in [0.4, 0.5) is 0 Å². The number of amides is 1. The Bertz CT molecular complexity index is 999. The summed E-state index contributed by atoms with van der Waals surface area (Å²) in [4.78, 5) is 19.7. The summed E-state index contributed by atoms with van der Waals surface area (Å²) >= 11 is 0. The number of hydrogen-bond donors (Lipinski definition) is 1. The number of rotatable bonds is 5. The highest BCUT2D eigenvalue weighted by Crippen LogP contribution is 2.23. The second-order valence-electron chi connectivity index (χ2n) is 7.91. The van der Waals surface area contributed by atoms with Gasteiger partial charge in [0.05, 0.1) is 16.6 Å². The molecule has 0 aliphatic carbocycles. The van der Waals surface area contributed by atoms with Gasteiger partial charge in [-0.2, -0.15) is 0 Å². The summed E-state index contributed by atoms with van der Waals surface area (Å²) in [7, 11) is 0. The number of imidazole rings is 1. The van der Waals surface area contributed by atoms with Crippen molar-refractivity contribution in [3.8, 4) is 0 Å². The first-order valence-electron chi connectivity index (χ1n) is 10.3. The SMILES string of the molecule is O=C1NCCn2c(CCc3ccc(CN4CCCC4)cc3)nc3cccc1c32. The fourth-order valence-electron chi connectivity index (χ4n) is 4.49. The van der Waals surface area contributed by atoms with E-state index in [0.717, 1.165) is 48.4 Å². The number of carbonyl (C=O) groups excluding carboxylic acids is 1. The Morgan fingerprint density at radius 3 is 2.54 bits per heavy atom. The van der Waals surface area contributed by atoms with Crippen molar-refractivity contribution in [1.82, 2.24) is 19.8 Å². The number of nitrogens with one attached hydrogen (secondary N) is 1. The zero-order chi connectivity index (χ0) is 18.9. The van der Waals surface area contributed by atoms with Crippen LogP contribution in [0.2, 0.25) is 0 Å². The lowest BCUT2D eigenvalue weighted by Gasteiger charge is -2.14. The van der Waals surface area contributed by atoms with Crippen LogP contribution >= 0.6 is 0 Å². The van der Waals surface area contributed by atoms with E-state index in [-0.39, 0.29) is 5.91 Å². The Morgan fingerprint density at radius 1 is 0.929 bits per heavy atom. The molecule has 3 aromatic rings. The largest absolute Gasteiger partial charge is 0.350 e. The lowest BCUT2D eigenvalue weighted by atomic mass is 10.1. The summed E-state index contributed by atoms with van der Waals surface area (Å²) in [5.41, 5.74) is 5.38. The maximum Gasteiger partial charge on any atom is 0.253 e. The highest BCUT2D eigenvalue weighted by Gasteiger charge is 2.20. The van der Waals surface area contributed by atoms with E-state index in [1.807, 2.05) is 18.2 Å². The number of benzene rings is 2. The topological polar surface area (TPSA) is 50.2 Å². The van der Waals surface area contributed by atoms with Crippen LogP contribution < -0.4 is 5.32 Å². The van der Waals surface area contributed by atoms with Crippen LogP contribution in [0.3, 0.4) is 0 Å². The normalized spacial score (nSPS) is 17.1. The third kappa shape index (κ3) is 3.31. The number of carbonyl (C=O) groups is 1. The van der Waals surface area contributed by atoms with Gasteiger partial charge in [0.1, 0.15) is 5.82 Å². The number of aromatic nitrogens is 2. The van der Waals surface area contributed by atoms with Gasteiger partial charge in [-0.05, 0) is 55.6 Å². The Labute approximate surface area is 165 Å². The maximum absolute atomic E-state index is 12.3. The van der Waals surface area contributed by atoms with E-state index < -0.39 is 0 Å². The highest BCUT2D eigenvalue weighted by atomic mass is 16.1. The molecule has 0 spiro atoms. The summed E-state index contributed by atoms with van der Waals surface area (Å²) in [6.45, 7) is 4.97. The van der Waals surface area contributed by atoms with Gasteiger partial charge in [0.15, 0.2) is 0 Å². The Kier molecular flexibility index (Phi) is 4.61. The molecule has 0 unspecified atom stereocenters. The number of aryl methyl sites for hydroxylation is 2. The first-order chi connectivity index (χ1) is 13.8. The van der Waals surface area contributed by atoms with Crippen molar-refractivity contribution < 1.29 is 4.79 Å². The van der Waals surface area contributed by atoms with E-state index in [0.29, 0.717) is 6.54 Å². The van der Waals surface area contributed by atoms with E-state index in [9.17, 15) is 4.79 Å². The third-order valence-corrected chi connectivity index (χ3v) is 5.98. The van der Waals surface area contributed by atoms with Crippen molar-refractivity contribution in [2.24, 2.45) is 0 Å². The summed E-state index contributed by atoms with van der Waals surface area (Å²) in [5.74, 6) is 1.07. The van der Waals surface area contributed by atoms with E-state index in [1.54, 1.807) is 0 Å². The molecule has 144 valence electrons. The van der Waals surface area contributed by atoms with Crippen LogP contribution in [0, 0.1) is 0 Å². The fourth-order valence-corrected chi connectivity index (χ4v) is 4.49. The van der Waals surface area contributed by atoms with Crippen molar-refractivity contribution in [3.05, 3.63) is 65.0 Å². The molecule has 1 N–H and O–H groups in total. The molecule has 0 radical (unpaired) electrons. The van der Waals surface area contributed by atoms with Crippen molar-refractivity contribution in [3.63, 3.8) is 0 Å². The van der Waals surface area contributed by atoms with E-state index in [2.05, 4.69) is 39.0 Å². The van der Waals surface area contributed by atoms with E-state index >= 15 is 0 Å². The molecule has 5 heteroatoms. The number of para-hydroxylation sites is 1. The highest BCUT2D eigenvalue weighted by molar-refractivity contribution is 6.05. The summed E-state index contributed by atoms with van der Waals surface area (Å²) in [6.07, 6.45) is 4.52. The Balaban J connectivity index is 1.32. The molecule has 28 heavy (non-hydrogen) atoms. The molecule has 1 aromatic heterocycles. The predicted molar refractivity (Wildman–Crippen MR) is 110 cm³/mol. The lowest BCUT2D eigenvalue weighted by molar-refractivity contribution is 0.0956. The lowest BCUT2D eigenvalue weighted by Crippen LogP contribution is -2.24. The monoisotopic (exact) mass is 374 g/mol. The average molecular weight is 374 g/mol. The Hall–Kier alpha value is -2.66. The van der Waals surface area contributed by atoms with Gasteiger partial charge in [-0.25, -0.2) is 4.98 Å². The number of hydrogen-bond acceptors (Lipinski definition) is 3. The molecule has 1 fully saturated rings. The predicted octanol–water partition coefficient (Wildman–Crippen LogP) is 3.16. The number of likely N-dealkylation sites (tertiary alicyclic amines) is 1. The molecule has 2 aliphatic rings. The quantitative estimate of drug-likeness (QED) is 0.746. The van der Waals surface area contributed by atoms with Gasteiger partial charge in [-0.15, -0.1) is 0 Å². The van der Waals surface area contributed by atoms with Crippen molar-refractivity contribution in [1.29, 1.82) is 0 Å². The van der Waals surface area contributed by atoms with Crippen LogP contribution in [-0.2, 0) is 25.9 Å². The number of nitrogens with zero attached hydrogens (tertiary/aromatic N) is 3. The molecular weight excluding hydrogens is 348 g/mol. The molecule has 3 heterocycles. The van der Waals surface area contributed by atoms with Crippen LogP contribution in [0.5, 0.6) is 0 Å². The summed E-state index contributed by atoms with van der Waals surface area (Å²) < 4.78 is 2.23. The minimum Gasteiger partial charge on any atom is -0.350 e. The molecule has 0 atom stereocenters. The summed E-state index contributed by atoms with van der Waals surface area (Å²) in [6, 6.07) is 14.9. The standard InChI is InChI=1S/C23H26N4O/c28-23-19-4-3-5-20-22(19)27(15-12-24-23)21(25-20)11-10-17-6-8-18(9-7-17)16-26-13-1-2-14-26/h3-9H,1-2,10-16H2,(H,24,28). The first-order valence-corrected chi connectivity index (χ1v) is 10.3. The molecule has 0 bridgehead atoms. The molecule has 1 amide bonds. The zero-order valence-electron chi connectivity index (χ0n) is 16.2. The van der Waals surface area contributed by atoms with Crippen molar-refractivity contribution in [2.45, 2.75) is 38.8 Å². The molecule has 1 saturated heterocycles.